The van der Waals surface area contributed by atoms with Crippen LogP contribution in [-0.4, -0.2) is 10.5 Å². The Balaban J connectivity index is 2.80. The van der Waals surface area contributed by atoms with E-state index in [0.717, 1.165) is 0 Å². The average molecular weight is 141 g/mol. The van der Waals surface area contributed by atoms with E-state index in [4.69, 9.17) is 10.5 Å². The number of benzene rings is 1. The van der Waals surface area contributed by atoms with Crippen LogP contribution >= 0.6 is 0 Å². The van der Waals surface area contributed by atoms with Crippen LogP contribution in [0.3, 0.4) is 0 Å². The quantitative estimate of drug-likeness (QED) is 0.429. The van der Waals surface area contributed by atoms with Crippen molar-refractivity contribution in [3.8, 4) is 5.75 Å². The smallest absolute Gasteiger partial charge is 0.165 e. The summed E-state index contributed by atoms with van der Waals surface area (Å²) in [6, 6.07) is 6.15. The van der Waals surface area contributed by atoms with Crippen LogP contribution in [0.4, 0.5) is 5.69 Å². The zero-order valence-electron chi connectivity index (χ0n) is 5.11. The summed E-state index contributed by atoms with van der Waals surface area (Å²) in [6.45, 7) is 0. The van der Waals surface area contributed by atoms with Crippen molar-refractivity contribution in [2.75, 3.05) is 5.48 Å². The standard InChI is InChI=1S/C6H7NO3/c8-7-5-1-3-6(10-9)4-2-5/h1-4,7-9H. The number of anilines is 1. The van der Waals surface area contributed by atoms with Crippen molar-refractivity contribution < 1.29 is 15.4 Å². The minimum absolute atomic E-state index is 0.332. The van der Waals surface area contributed by atoms with Gasteiger partial charge in [0.25, 0.3) is 0 Å². The van der Waals surface area contributed by atoms with Gasteiger partial charge < -0.3 is 4.89 Å². The summed E-state index contributed by atoms with van der Waals surface area (Å²) in [5.74, 6) is 0.332. The van der Waals surface area contributed by atoms with Gasteiger partial charge in [-0.25, -0.2) is 5.26 Å². The maximum absolute atomic E-state index is 8.35. The molecule has 0 unspecified atom stereocenters. The minimum Gasteiger partial charge on any atom is -0.340 e. The molecule has 0 aliphatic carbocycles. The Kier molecular flexibility index (Phi) is 2.09. The van der Waals surface area contributed by atoms with Gasteiger partial charge in [0, 0.05) is 0 Å². The van der Waals surface area contributed by atoms with Gasteiger partial charge in [-0.1, -0.05) is 0 Å². The monoisotopic (exact) mass is 141 g/mol. The third-order valence-corrected chi connectivity index (χ3v) is 1.09. The summed E-state index contributed by atoms with van der Waals surface area (Å²) in [7, 11) is 0. The van der Waals surface area contributed by atoms with E-state index < -0.39 is 0 Å². The molecule has 10 heavy (non-hydrogen) atoms. The third-order valence-electron chi connectivity index (χ3n) is 1.09. The van der Waals surface area contributed by atoms with Gasteiger partial charge in [-0.15, -0.1) is 0 Å². The molecule has 0 atom stereocenters. The van der Waals surface area contributed by atoms with E-state index in [-0.39, 0.29) is 0 Å². The van der Waals surface area contributed by atoms with E-state index in [1.54, 1.807) is 12.1 Å². The summed E-state index contributed by atoms with van der Waals surface area (Å²) >= 11 is 0. The second-order valence-electron chi connectivity index (χ2n) is 1.73. The Morgan fingerprint density at radius 3 is 2.20 bits per heavy atom. The van der Waals surface area contributed by atoms with Crippen molar-refractivity contribution in [3.05, 3.63) is 24.3 Å². The van der Waals surface area contributed by atoms with Crippen molar-refractivity contribution >= 4 is 5.69 Å². The first kappa shape index (κ1) is 6.85. The molecule has 0 saturated heterocycles. The summed E-state index contributed by atoms with van der Waals surface area (Å²) in [4.78, 5) is 3.90. The molecule has 0 amide bonds. The van der Waals surface area contributed by atoms with Crippen LogP contribution in [0.5, 0.6) is 5.75 Å². The first-order chi connectivity index (χ1) is 4.86. The predicted octanol–water partition coefficient (Wildman–Crippen LogP) is 1.34. The summed E-state index contributed by atoms with van der Waals surface area (Å²) in [5.41, 5.74) is 2.48. The SMILES string of the molecule is ONc1ccc(OO)cc1. The fraction of sp³-hybridized carbons (Fsp3) is 0. The molecule has 0 fully saturated rings. The normalized spacial score (nSPS) is 9.00. The molecule has 3 N–H and O–H groups in total. The van der Waals surface area contributed by atoms with Crippen molar-refractivity contribution in [1.29, 1.82) is 0 Å². The molecule has 1 aromatic rings. The zero-order chi connectivity index (χ0) is 7.40. The minimum atomic E-state index is 0.332. The molecule has 0 saturated carbocycles. The molecule has 0 aliphatic rings. The molecule has 0 radical (unpaired) electrons. The molecule has 1 aromatic carbocycles. The Hall–Kier alpha value is -1.26. The van der Waals surface area contributed by atoms with Crippen molar-refractivity contribution in [3.63, 3.8) is 0 Å². The number of rotatable bonds is 2. The van der Waals surface area contributed by atoms with Crippen LogP contribution in [0.15, 0.2) is 24.3 Å². The van der Waals surface area contributed by atoms with E-state index in [1.165, 1.54) is 12.1 Å². The Morgan fingerprint density at radius 1 is 1.20 bits per heavy atom. The van der Waals surface area contributed by atoms with Gasteiger partial charge >= 0.3 is 0 Å². The highest BCUT2D eigenvalue weighted by atomic mass is 17.1. The lowest BCUT2D eigenvalue weighted by Gasteiger charge is -1.98. The molecule has 0 aromatic heterocycles. The molecular weight excluding hydrogens is 134 g/mol. The van der Waals surface area contributed by atoms with Gasteiger partial charge in [-0.2, -0.15) is 0 Å². The Bertz CT molecular complexity index is 174. The number of hydrogen-bond donors (Lipinski definition) is 3. The van der Waals surface area contributed by atoms with E-state index in [0.29, 0.717) is 11.4 Å². The van der Waals surface area contributed by atoms with Crippen molar-refractivity contribution in [1.82, 2.24) is 0 Å². The molecule has 54 valence electrons. The molecular formula is C6H7NO3. The highest BCUT2D eigenvalue weighted by molar-refractivity contribution is 5.43. The molecule has 0 heterocycles. The maximum atomic E-state index is 8.35. The Morgan fingerprint density at radius 2 is 1.80 bits per heavy atom. The summed E-state index contributed by atoms with van der Waals surface area (Å²) in [5, 5.41) is 16.5. The zero-order valence-corrected chi connectivity index (χ0v) is 5.11. The Labute approximate surface area is 57.6 Å². The molecule has 1 rings (SSSR count). The third kappa shape index (κ3) is 1.37. The van der Waals surface area contributed by atoms with Gasteiger partial charge in [-0.05, 0) is 24.3 Å². The van der Waals surface area contributed by atoms with Crippen LogP contribution in [0.2, 0.25) is 0 Å². The van der Waals surface area contributed by atoms with E-state index in [2.05, 4.69) is 4.89 Å². The molecule has 0 bridgehead atoms. The highest BCUT2D eigenvalue weighted by Crippen LogP contribution is 2.13. The maximum Gasteiger partial charge on any atom is 0.165 e. The van der Waals surface area contributed by atoms with Gasteiger partial charge in [0.2, 0.25) is 0 Å². The van der Waals surface area contributed by atoms with Crippen LogP contribution in [0, 0.1) is 0 Å². The largest absolute Gasteiger partial charge is 0.340 e. The lowest BCUT2D eigenvalue weighted by molar-refractivity contribution is -0.137. The fourth-order valence-corrected chi connectivity index (χ4v) is 0.590. The van der Waals surface area contributed by atoms with Crippen LogP contribution in [0.1, 0.15) is 0 Å². The average Bonchev–Trinajstić information content (AvgIpc) is 2.05. The van der Waals surface area contributed by atoms with Crippen LogP contribution in [-0.2, 0) is 0 Å². The lowest BCUT2D eigenvalue weighted by atomic mass is 10.3. The topological polar surface area (TPSA) is 61.7 Å². The first-order valence-corrected chi connectivity index (χ1v) is 2.68. The fourth-order valence-electron chi connectivity index (χ4n) is 0.590. The van der Waals surface area contributed by atoms with E-state index >= 15 is 0 Å². The van der Waals surface area contributed by atoms with Crippen LogP contribution in [0.25, 0.3) is 0 Å². The van der Waals surface area contributed by atoms with Gasteiger partial charge in [0.05, 0.1) is 5.69 Å². The first-order valence-electron chi connectivity index (χ1n) is 2.68. The second kappa shape index (κ2) is 3.05. The van der Waals surface area contributed by atoms with Crippen LogP contribution < -0.4 is 10.4 Å². The van der Waals surface area contributed by atoms with Gasteiger partial charge in [0.1, 0.15) is 0 Å². The lowest BCUT2D eigenvalue weighted by Crippen LogP contribution is -1.88. The summed E-state index contributed by atoms with van der Waals surface area (Å²) < 4.78 is 0. The van der Waals surface area contributed by atoms with Gasteiger partial charge in [0.15, 0.2) is 5.75 Å². The highest BCUT2D eigenvalue weighted by Gasteiger charge is 1.90. The molecule has 0 spiro atoms. The predicted molar refractivity (Wildman–Crippen MR) is 35.1 cm³/mol. The molecule has 4 nitrogen and oxygen atoms in total. The molecule has 0 aliphatic heterocycles. The second-order valence-corrected chi connectivity index (χ2v) is 1.73. The van der Waals surface area contributed by atoms with Crippen molar-refractivity contribution in [2.24, 2.45) is 0 Å². The van der Waals surface area contributed by atoms with Gasteiger partial charge in [-0.3, -0.25) is 10.7 Å². The number of hydrogen-bond acceptors (Lipinski definition) is 4. The molecule has 4 heteroatoms. The number of nitrogens with one attached hydrogen (secondary N) is 1. The summed E-state index contributed by atoms with van der Waals surface area (Å²) in [6.07, 6.45) is 0. The van der Waals surface area contributed by atoms with Crippen molar-refractivity contribution in [2.45, 2.75) is 0 Å². The van der Waals surface area contributed by atoms with E-state index in [1.807, 2.05) is 5.48 Å². The van der Waals surface area contributed by atoms with E-state index in [9.17, 15) is 0 Å².